The lowest BCUT2D eigenvalue weighted by molar-refractivity contribution is 0.0315. The molecular weight excluding hydrogens is 298 g/mol. The summed E-state index contributed by atoms with van der Waals surface area (Å²) in [4.78, 5) is 0. The molecule has 2 aromatic rings. The van der Waals surface area contributed by atoms with Crippen LogP contribution in [-0.4, -0.2) is 40.3 Å². The van der Waals surface area contributed by atoms with Crippen molar-refractivity contribution in [2.45, 2.75) is 30.5 Å². The molecule has 1 unspecified atom stereocenters. The van der Waals surface area contributed by atoms with Gasteiger partial charge in [0.05, 0.1) is 18.8 Å². The smallest absolute Gasteiger partial charge is 0.191 e. The van der Waals surface area contributed by atoms with Gasteiger partial charge in [-0.25, -0.2) is 0 Å². The molecule has 0 radical (unpaired) electrons. The normalized spacial score (nSPS) is 18.4. The minimum atomic E-state index is 0.338. The van der Waals surface area contributed by atoms with Crippen LogP contribution in [0.5, 0.6) is 5.75 Å². The monoisotopic (exact) mass is 319 g/mol. The molecule has 1 aliphatic rings. The Morgan fingerprint density at radius 3 is 2.95 bits per heavy atom. The van der Waals surface area contributed by atoms with Crippen LogP contribution in [0, 0.1) is 0 Å². The second-order valence-electron chi connectivity index (χ2n) is 5.37. The predicted molar refractivity (Wildman–Crippen MR) is 87.3 cm³/mol. The summed E-state index contributed by atoms with van der Waals surface area (Å²) >= 11 is 1.71. The topological polar surface area (TPSA) is 49.2 Å². The zero-order valence-electron chi connectivity index (χ0n) is 13.0. The summed E-state index contributed by atoms with van der Waals surface area (Å²) in [5.41, 5.74) is 0.959. The number of thioether (sulfide) groups is 1. The van der Waals surface area contributed by atoms with E-state index in [-0.39, 0.29) is 0 Å². The second-order valence-corrected chi connectivity index (χ2v) is 6.35. The van der Waals surface area contributed by atoms with E-state index < -0.39 is 0 Å². The first-order valence-electron chi connectivity index (χ1n) is 7.57. The Balaban J connectivity index is 1.74. The second kappa shape index (κ2) is 7.15. The van der Waals surface area contributed by atoms with Crippen LogP contribution in [0.3, 0.4) is 0 Å². The number of rotatable bonds is 5. The van der Waals surface area contributed by atoms with E-state index in [1.165, 1.54) is 12.8 Å². The van der Waals surface area contributed by atoms with Gasteiger partial charge in [0.25, 0.3) is 0 Å². The Kier molecular flexibility index (Phi) is 5.00. The number of benzene rings is 1. The van der Waals surface area contributed by atoms with E-state index in [9.17, 15) is 0 Å². The van der Waals surface area contributed by atoms with Gasteiger partial charge in [-0.05, 0) is 31.4 Å². The molecule has 1 saturated heterocycles. The standard InChI is InChI=1S/C16H21N3O2S/c1-19-15(13-8-3-4-9-14(13)20-2)17-18-16(19)22-11-12-7-5-6-10-21-12/h3-4,8-9,12H,5-7,10-11H2,1-2H3. The van der Waals surface area contributed by atoms with Gasteiger partial charge in [-0.3, -0.25) is 0 Å². The van der Waals surface area contributed by atoms with Crippen molar-refractivity contribution in [3.05, 3.63) is 24.3 Å². The molecule has 3 rings (SSSR count). The van der Waals surface area contributed by atoms with Crippen molar-refractivity contribution < 1.29 is 9.47 Å². The zero-order chi connectivity index (χ0) is 15.4. The molecule has 0 saturated carbocycles. The molecule has 0 N–H and O–H groups in total. The van der Waals surface area contributed by atoms with Crippen LogP contribution in [0.4, 0.5) is 0 Å². The van der Waals surface area contributed by atoms with Gasteiger partial charge in [-0.15, -0.1) is 10.2 Å². The van der Waals surface area contributed by atoms with Crippen LogP contribution in [0.15, 0.2) is 29.4 Å². The number of ether oxygens (including phenoxy) is 2. The Morgan fingerprint density at radius 2 is 2.18 bits per heavy atom. The SMILES string of the molecule is COc1ccccc1-c1nnc(SCC2CCCCO2)n1C. The molecule has 0 aliphatic carbocycles. The highest BCUT2D eigenvalue weighted by atomic mass is 32.2. The van der Waals surface area contributed by atoms with Crippen LogP contribution in [-0.2, 0) is 11.8 Å². The van der Waals surface area contributed by atoms with Gasteiger partial charge in [0.15, 0.2) is 11.0 Å². The molecule has 0 amide bonds. The quantitative estimate of drug-likeness (QED) is 0.792. The summed E-state index contributed by atoms with van der Waals surface area (Å²) in [6.07, 6.45) is 3.93. The summed E-state index contributed by atoms with van der Waals surface area (Å²) in [5, 5.41) is 9.56. The maximum Gasteiger partial charge on any atom is 0.191 e. The number of methoxy groups -OCH3 is 1. The van der Waals surface area contributed by atoms with Crippen LogP contribution < -0.4 is 4.74 Å². The number of para-hydroxylation sites is 1. The average molecular weight is 319 g/mol. The van der Waals surface area contributed by atoms with E-state index in [1.807, 2.05) is 35.9 Å². The maximum absolute atomic E-state index is 5.77. The molecule has 1 aromatic heterocycles. The number of hydrogen-bond donors (Lipinski definition) is 0. The van der Waals surface area contributed by atoms with E-state index >= 15 is 0 Å². The largest absolute Gasteiger partial charge is 0.496 e. The third kappa shape index (κ3) is 3.28. The van der Waals surface area contributed by atoms with Crippen molar-refractivity contribution in [2.75, 3.05) is 19.5 Å². The minimum absolute atomic E-state index is 0.338. The van der Waals surface area contributed by atoms with E-state index in [0.29, 0.717) is 6.10 Å². The van der Waals surface area contributed by atoms with Crippen LogP contribution in [0.1, 0.15) is 19.3 Å². The lowest BCUT2D eigenvalue weighted by Gasteiger charge is -2.21. The van der Waals surface area contributed by atoms with Gasteiger partial charge in [-0.1, -0.05) is 23.9 Å². The Morgan fingerprint density at radius 1 is 1.32 bits per heavy atom. The van der Waals surface area contributed by atoms with Gasteiger partial charge in [0.1, 0.15) is 5.75 Å². The molecule has 1 fully saturated rings. The molecule has 5 nitrogen and oxygen atoms in total. The van der Waals surface area contributed by atoms with Crippen molar-refractivity contribution in [1.82, 2.24) is 14.8 Å². The van der Waals surface area contributed by atoms with Gasteiger partial charge < -0.3 is 14.0 Å². The van der Waals surface area contributed by atoms with Gasteiger partial charge >= 0.3 is 0 Å². The Labute approximate surface area is 135 Å². The molecule has 1 atom stereocenters. The van der Waals surface area contributed by atoms with Gasteiger partial charge in [-0.2, -0.15) is 0 Å². The molecule has 0 bridgehead atoms. The number of aromatic nitrogens is 3. The molecule has 2 heterocycles. The highest BCUT2D eigenvalue weighted by Crippen LogP contribution is 2.30. The van der Waals surface area contributed by atoms with Crippen molar-refractivity contribution in [3.63, 3.8) is 0 Å². The third-order valence-corrected chi connectivity index (χ3v) is 5.01. The molecule has 1 aliphatic heterocycles. The minimum Gasteiger partial charge on any atom is -0.496 e. The van der Waals surface area contributed by atoms with Crippen molar-refractivity contribution >= 4 is 11.8 Å². The molecule has 22 heavy (non-hydrogen) atoms. The lowest BCUT2D eigenvalue weighted by atomic mass is 10.1. The fourth-order valence-electron chi connectivity index (χ4n) is 2.61. The fraction of sp³-hybridized carbons (Fsp3) is 0.500. The first kappa shape index (κ1) is 15.4. The summed E-state index contributed by atoms with van der Waals surface area (Å²) in [6, 6.07) is 7.87. The van der Waals surface area contributed by atoms with Crippen molar-refractivity contribution in [1.29, 1.82) is 0 Å². The van der Waals surface area contributed by atoms with Crippen LogP contribution >= 0.6 is 11.8 Å². The van der Waals surface area contributed by atoms with E-state index in [0.717, 1.165) is 41.1 Å². The van der Waals surface area contributed by atoms with Crippen molar-refractivity contribution in [3.8, 4) is 17.1 Å². The van der Waals surface area contributed by atoms with E-state index in [1.54, 1.807) is 18.9 Å². The van der Waals surface area contributed by atoms with Crippen molar-refractivity contribution in [2.24, 2.45) is 7.05 Å². The highest BCUT2D eigenvalue weighted by Gasteiger charge is 2.18. The first-order chi connectivity index (χ1) is 10.8. The third-order valence-electron chi connectivity index (χ3n) is 3.86. The summed E-state index contributed by atoms with van der Waals surface area (Å²) < 4.78 is 13.2. The predicted octanol–water partition coefficient (Wildman–Crippen LogP) is 3.15. The Bertz CT molecular complexity index is 624. The van der Waals surface area contributed by atoms with Crippen LogP contribution in [0.2, 0.25) is 0 Å². The fourth-order valence-corrected chi connectivity index (χ4v) is 3.59. The molecule has 1 aromatic carbocycles. The number of nitrogens with zero attached hydrogens (tertiary/aromatic N) is 3. The molecule has 0 spiro atoms. The maximum atomic E-state index is 5.77. The summed E-state index contributed by atoms with van der Waals surface area (Å²) in [6.45, 7) is 0.885. The van der Waals surface area contributed by atoms with Crippen LogP contribution in [0.25, 0.3) is 11.4 Å². The van der Waals surface area contributed by atoms with Gasteiger partial charge in [0, 0.05) is 19.4 Å². The first-order valence-corrected chi connectivity index (χ1v) is 8.55. The Hall–Kier alpha value is -1.53. The molecular formula is C16H21N3O2S. The highest BCUT2D eigenvalue weighted by molar-refractivity contribution is 7.99. The van der Waals surface area contributed by atoms with Gasteiger partial charge in [0.2, 0.25) is 0 Å². The van der Waals surface area contributed by atoms with E-state index in [2.05, 4.69) is 10.2 Å². The average Bonchev–Trinajstić information content (AvgIpc) is 2.94. The van der Waals surface area contributed by atoms with E-state index in [4.69, 9.17) is 9.47 Å². The summed E-state index contributed by atoms with van der Waals surface area (Å²) in [7, 11) is 3.66. The number of hydrogen-bond acceptors (Lipinski definition) is 5. The molecule has 118 valence electrons. The molecule has 6 heteroatoms. The summed E-state index contributed by atoms with van der Waals surface area (Å²) in [5.74, 6) is 2.56. The zero-order valence-corrected chi connectivity index (χ0v) is 13.8. The lowest BCUT2D eigenvalue weighted by Crippen LogP contribution is -2.21.